The summed E-state index contributed by atoms with van der Waals surface area (Å²) in [5.74, 6) is 0.773. The summed E-state index contributed by atoms with van der Waals surface area (Å²) >= 11 is 0. The van der Waals surface area contributed by atoms with Gasteiger partial charge in [-0.2, -0.15) is 0 Å². The Morgan fingerprint density at radius 3 is 2.82 bits per heavy atom. The summed E-state index contributed by atoms with van der Waals surface area (Å²) in [4.78, 5) is 21.7. The molecule has 0 aromatic carbocycles. The van der Waals surface area contributed by atoms with Crippen molar-refractivity contribution in [2.24, 2.45) is 0 Å². The molecule has 3 rings (SSSR count). The number of aromatic amines is 1. The molecule has 2 aliphatic heterocycles. The van der Waals surface area contributed by atoms with Crippen LogP contribution in [0.25, 0.3) is 0 Å². The molecule has 92 valence electrons. The maximum Gasteiger partial charge on any atom is 0.257 e. The van der Waals surface area contributed by atoms with Crippen LogP contribution in [0, 0.1) is 0 Å². The highest BCUT2D eigenvalue weighted by Crippen LogP contribution is 2.16. The highest BCUT2D eigenvalue weighted by Gasteiger charge is 2.18. The van der Waals surface area contributed by atoms with Gasteiger partial charge in [0, 0.05) is 32.6 Å². The summed E-state index contributed by atoms with van der Waals surface area (Å²) in [6.07, 6.45) is 4.54. The van der Waals surface area contributed by atoms with E-state index in [9.17, 15) is 4.79 Å². The lowest BCUT2D eigenvalue weighted by Crippen LogP contribution is -2.36. The van der Waals surface area contributed by atoms with E-state index in [1.165, 1.54) is 19.3 Å². The first kappa shape index (κ1) is 10.8. The number of hydrogen-bond acceptors (Lipinski definition) is 4. The van der Waals surface area contributed by atoms with Crippen LogP contribution >= 0.6 is 0 Å². The Balaban J connectivity index is 1.95. The van der Waals surface area contributed by atoms with Gasteiger partial charge in [-0.3, -0.25) is 9.78 Å². The summed E-state index contributed by atoms with van der Waals surface area (Å²) in [5.41, 5.74) is 1.83. The third kappa shape index (κ3) is 2.07. The van der Waals surface area contributed by atoms with E-state index in [0.717, 1.165) is 43.3 Å². The Labute approximate surface area is 100 Å². The fourth-order valence-electron chi connectivity index (χ4n) is 2.60. The van der Waals surface area contributed by atoms with E-state index >= 15 is 0 Å². The van der Waals surface area contributed by atoms with Crippen molar-refractivity contribution < 1.29 is 0 Å². The quantitative estimate of drug-likeness (QED) is 0.738. The van der Waals surface area contributed by atoms with E-state index < -0.39 is 0 Å². The molecule has 1 fully saturated rings. The molecule has 3 heterocycles. The average molecular weight is 234 g/mol. The normalized spacial score (nSPS) is 20.1. The van der Waals surface area contributed by atoms with Crippen LogP contribution in [0.5, 0.6) is 0 Å². The number of nitrogens with zero attached hydrogens (tertiary/aromatic N) is 2. The first-order valence-corrected chi connectivity index (χ1v) is 6.42. The highest BCUT2D eigenvalue weighted by atomic mass is 16.1. The molecule has 2 aliphatic rings. The lowest BCUT2D eigenvalue weighted by molar-refractivity contribution is 0.560. The number of piperidine rings is 1. The molecule has 0 bridgehead atoms. The van der Waals surface area contributed by atoms with Crippen LogP contribution in [0.15, 0.2) is 4.79 Å². The number of rotatable bonds is 1. The number of hydrogen-bond donors (Lipinski definition) is 2. The SMILES string of the molecule is O=c1[nH]c(N2CCCCC2)nc2c1CNCC2. The molecule has 2 N–H and O–H groups in total. The Hall–Kier alpha value is -1.36. The largest absolute Gasteiger partial charge is 0.342 e. The van der Waals surface area contributed by atoms with Gasteiger partial charge in [0.05, 0.1) is 11.3 Å². The van der Waals surface area contributed by atoms with E-state index in [1.54, 1.807) is 0 Å². The van der Waals surface area contributed by atoms with Crippen LogP contribution in [-0.2, 0) is 13.0 Å². The van der Waals surface area contributed by atoms with Crippen LogP contribution in [0.1, 0.15) is 30.5 Å². The lowest BCUT2D eigenvalue weighted by Gasteiger charge is -2.28. The molecule has 0 atom stereocenters. The summed E-state index contributed by atoms with van der Waals surface area (Å²) in [7, 11) is 0. The van der Waals surface area contributed by atoms with Crippen molar-refractivity contribution >= 4 is 5.95 Å². The van der Waals surface area contributed by atoms with E-state index in [1.807, 2.05) is 0 Å². The monoisotopic (exact) mass is 234 g/mol. The predicted octanol–water partition coefficient (Wildman–Crippen LogP) is 0.406. The van der Waals surface area contributed by atoms with Gasteiger partial charge in [0.25, 0.3) is 5.56 Å². The standard InChI is InChI=1S/C12H18N4O/c17-11-9-8-13-5-4-10(9)14-12(15-11)16-6-2-1-3-7-16/h13H,1-8H2,(H,14,15,17). The summed E-state index contributed by atoms with van der Waals surface area (Å²) < 4.78 is 0. The van der Waals surface area contributed by atoms with E-state index in [-0.39, 0.29) is 5.56 Å². The van der Waals surface area contributed by atoms with Crippen molar-refractivity contribution in [1.82, 2.24) is 15.3 Å². The fraction of sp³-hybridized carbons (Fsp3) is 0.667. The molecule has 5 nitrogen and oxygen atoms in total. The van der Waals surface area contributed by atoms with Gasteiger partial charge in [0.15, 0.2) is 0 Å². The van der Waals surface area contributed by atoms with Gasteiger partial charge in [-0.1, -0.05) is 0 Å². The molecule has 5 heteroatoms. The van der Waals surface area contributed by atoms with Crippen molar-refractivity contribution in [3.05, 3.63) is 21.6 Å². The Morgan fingerprint density at radius 1 is 1.18 bits per heavy atom. The smallest absolute Gasteiger partial charge is 0.257 e. The summed E-state index contributed by atoms with van der Waals surface area (Å²) in [5, 5.41) is 3.21. The van der Waals surface area contributed by atoms with Gasteiger partial charge in [0.1, 0.15) is 0 Å². The molecule has 1 aromatic rings. The van der Waals surface area contributed by atoms with Crippen molar-refractivity contribution in [2.75, 3.05) is 24.5 Å². The molecule has 0 spiro atoms. The van der Waals surface area contributed by atoms with Crippen molar-refractivity contribution in [2.45, 2.75) is 32.2 Å². The fourth-order valence-corrected chi connectivity index (χ4v) is 2.60. The average Bonchev–Trinajstić information content (AvgIpc) is 2.40. The third-order valence-corrected chi connectivity index (χ3v) is 3.58. The van der Waals surface area contributed by atoms with E-state index in [4.69, 9.17) is 0 Å². The summed E-state index contributed by atoms with van der Waals surface area (Å²) in [6, 6.07) is 0. The third-order valence-electron chi connectivity index (χ3n) is 3.58. The van der Waals surface area contributed by atoms with E-state index in [2.05, 4.69) is 20.2 Å². The first-order chi connectivity index (χ1) is 8.34. The molecule has 0 amide bonds. The zero-order valence-electron chi connectivity index (χ0n) is 9.96. The zero-order valence-corrected chi connectivity index (χ0v) is 9.96. The molecule has 1 aromatic heterocycles. The topological polar surface area (TPSA) is 61.0 Å². The van der Waals surface area contributed by atoms with Crippen molar-refractivity contribution in [3.63, 3.8) is 0 Å². The highest BCUT2D eigenvalue weighted by molar-refractivity contribution is 5.34. The van der Waals surface area contributed by atoms with Gasteiger partial charge in [0.2, 0.25) is 5.95 Å². The van der Waals surface area contributed by atoms with Crippen LogP contribution in [0.2, 0.25) is 0 Å². The Bertz CT molecular complexity index is 462. The van der Waals surface area contributed by atoms with Gasteiger partial charge in [-0.05, 0) is 19.3 Å². The second-order valence-electron chi connectivity index (χ2n) is 4.79. The zero-order chi connectivity index (χ0) is 11.7. The number of fused-ring (bicyclic) bond motifs is 1. The molecular weight excluding hydrogens is 216 g/mol. The minimum atomic E-state index is 0.0303. The maximum atomic E-state index is 12.0. The van der Waals surface area contributed by atoms with Gasteiger partial charge >= 0.3 is 0 Å². The molecular formula is C12H18N4O. The molecule has 0 unspecified atom stereocenters. The minimum Gasteiger partial charge on any atom is -0.342 e. The number of nitrogens with one attached hydrogen (secondary N) is 2. The number of H-pyrrole nitrogens is 1. The van der Waals surface area contributed by atoms with Gasteiger partial charge in [-0.15, -0.1) is 0 Å². The van der Waals surface area contributed by atoms with Crippen molar-refractivity contribution in [3.8, 4) is 0 Å². The number of anilines is 1. The Morgan fingerprint density at radius 2 is 2.00 bits per heavy atom. The first-order valence-electron chi connectivity index (χ1n) is 6.42. The number of aromatic nitrogens is 2. The molecule has 1 saturated heterocycles. The lowest BCUT2D eigenvalue weighted by atomic mass is 10.1. The molecule has 17 heavy (non-hydrogen) atoms. The molecule has 0 aliphatic carbocycles. The van der Waals surface area contributed by atoms with Crippen LogP contribution < -0.4 is 15.8 Å². The second-order valence-corrected chi connectivity index (χ2v) is 4.79. The maximum absolute atomic E-state index is 12.0. The second kappa shape index (κ2) is 4.49. The van der Waals surface area contributed by atoms with Gasteiger partial charge < -0.3 is 10.2 Å². The summed E-state index contributed by atoms with van der Waals surface area (Å²) in [6.45, 7) is 3.60. The minimum absolute atomic E-state index is 0.0303. The van der Waals surface area contributed by atoms with Crippen LogP contribution in [0.3, 0.4) is 0 Å². The van der Waals surface area contributed by atoms with E-state index in [0.29, 0.717) is 6.54 Å². The van der Waals surface area contributed by atoms with Crippen LogP contribution in [-0.4, -0.2) is 29.6 Å². The van der Waals surface area contributed by atoms with Gasteiger partial charge in [-0.25, -0.2) is 4.98 Å². The predicted molar refractivity (Wildman–Crippen MR) is 66.3 cm³/mol. The molecule has 0 radical (unpaired) electrons. The Kier molecular flexibility index (Phi) is 2.84. The molecule has 0 saturated carbocycles. The van der Waals surface area contributed by atoms with Crippen LogP contribution in [0.4, 0.5) is 5.95 Å². The van der Waals surface area contributed by atoms with Crippen molar-refractivity contribution in [1.29, 1.82) is 0 Å².